The van der Waals surface area contributed by atoms with Gasteiger partial charge in [-0.25, -0.2) is 9.67 Å². The van der Waals surface area contributed by atoms with Gasteiger partial charge in [0.25, 0.3) is 0 Å². The molecular formula is C24H17ClN4O2. The van der Waals surface area contributed by atoms with Crippen molar-refractivity contribution in [1.29, 1.82) is 0 Å². The second-order valence-corrected chi connectivity index (χ2v) is 7.21. The van der Waals surface area contributed by atoms with Crippen molar-refractivity contribution < 1.29 is 9.15 Å². The van der Waals surface area contributed by atoms with E-state index in [0.717, 1.165) is 22.7 Å². The minimum absolute atomic E-state index is 0.419. The lowest BCUT2D eigenvalue weighted by Crippen LogP contribution is -2.06. The first-order valence-corrected chi connectivity index (χ1v) is 9.98. The van der Waals surface area contributed by atoms with E-state index in [9.17, 15) is 0 Å². The predicted molar refractivity (Wildman–Crippen MR) is 120 cm³/mol. The van der Waals surface area contributed by atoms with Gasteiger partial charge in [0, 0.05) is 10.6 Å². The second kappa shape index (κ2) is 8.08. The van der Waals surface area contributed by atoms with Crippen LogP contribution in [0.3, 0.4) is 0 Å². The Kier molecular flexibility index (Phi) is 4.98. The molecule has 7 heteroatoms. The Bertz CT molecular complexity index is 1410. The van der Waals surface area contributed by atoms with Gasteiger partial charge in [0.2, 0.25) is 11.4 Å². The van der Waals surface area contributed by atoms with Crippen LogP contribution in [0, 0.1) is 0 Å². The predicted octanol–water partition coefficient (Wildman–Crippen LogP) is 5.57. The van der Waals surface area contributed by atoms with Crippen LogP contribution in [-0.2, 0) is 0 Å². The molecule has 6 nitrogen and oxygen atoms in total. The molecule has 0 saturated carbocycles. The highest BCUT2D eigenvalue weighted by atomic mass is 35.5. The molecule has 31 heavy (non-hydrogen) atoms. The van der Waals surface area contributed by atoms with Crippen LogP contribution in [-0.4, -0.2) is 21.9 Å². The van der Waals surface area contributed by atoms with Crippen LogP contribution in [0.15, 0.2) is 94.5 Å². The third-order valence-electron chi connectivity index (χ3n) is 4.77. The van der Waals surface area contributed by atoms with Crippen LogP contribution < -0.4 is 10.3 Å². The highest BCUT2D eigenvalue weighted by Gasteiger charge is 2.14. The SMILES string of the molecule is COc1ccc(N=c2oc(-c3ccc(Cl)cc3)nc3c2cnn3-c2ccccc2)cc1. The molecule has 2 aromatic heterocycles. The number of para-hydroxylation sites is 1. The van der Waals surface area contributed by atoms with Gasteiger partial charge in [0.05, 0.1) is 24.7 Å². The highest BCUT2D eigenvalue weighted by Crippen LogP contribution is 2.23. The fourth-order valence-corrected chi connectivity index (χ4v) is 3.32. The van der Waals surface area contributed by atoms with E-state index < -0.39 is 0 Å². The average molecular weight is 429 g/mol. The summed E-state index contributed by atoms with van der Waals surface area (Å²) in [5, 5.41) is 5.88. The van der Waals surface area contributed by atoms with E-state index in [-0.39, 0.29) is 0 Å². The first-order chi connectivity index (χ1) is 15.2. The molecule has 0 spiro atoms. The Balaban J connectivity index is 1.75. The summed E-state index contributed by atoms with van der Waals surface area (Å²) >= 11 is 6.05. The smallest absolute Gasteiger partial charge is 0.234 e. The molecule has 0 fully saturated rings. The number of hydrogen-bond acceptors (Lipinski definition) is 5. The first kappa shape index (κ1) is 19.1. The monoisotopic (exact) mass is 428 g/mol. The van der Waals surface area contributed by atoms with Crippen LogP contribution in [0.25, 0.3) is 28.2 Å². The number of halogens is 1. The van der Waals surface area contributed by atoms with Crippen LogP contribution in [0.1, 0.15) is 0 Å². The molecule has 0 bridgehead atoms. The van der Waals surface area contributed by atoms with Crippen LogP contribution in [0.2, 0.25) is 5.02 Å². The molecule has 0 aliphatic rings. The number of nitrogens with zero attached hydrogens (tertiary/aromatic N) is 4. The molecule has 0 unspecified atom stereocenters. The molecule has 0 radical (unpaired) electrons. The maximum absolute atomic E-state index is 6.12. The Morgan fingerprint density at radius 3 is 2.39 bits per heavy atom. The van der Waals surface area contributed by atoms with Gasteiger partial charge in [-0.1, -0.05) is 29.8 Å². The van der Waals surface area contributed by atoms with Gasteiger partial charge in [-0.3, -0.25) is 0 Å². The molecule has 152 valence electrons. The van der Waals surface area contributed by atoms with E-state index in [1.165, 1.54) is 0 Å². The first-order valence-electron chi connectivity index (χ1n) is 9.60. The molecule has 3 aromatic carbocycles. The quantitative estimate of drug-likeness (QED) is 0.375. The largest absolute Gasteiger partial charge is 0.497 e. The number of methoxy groups -OCH3 is 1. The van der Waals surface area contributed by atoms with E-state index in [1.807, 2.05) is 66.7 Å². The summed E-state index contributed by atoms with van der Waals surface area (Å²) in [6, 6.07) is 24.6. The lowest BCUT2D eigenvalue weighted by atomic mass is 10.2. The zero-order valence-corrected chi connectivity index (χ0v) is 17.3. The molecular weight excluding hydrogens is 412 g/mol. The summed E-state index contributed by atoms with van der Waals surface area (Å²) in [7, 11) is 1.63. The fourth-order valence-electron chi connectivity index (χ4n) is 3.20. The summed E-state index contributed by atoms with van der Waals surface area (Å²) in [4.78, 5) is 9.47. The maximum atomic E-state index is 6.12. The van der Waals surface area contributed by atoms with Gasteiger partial charge in [-0.05, 0) is 60.7 Å². The Morgan fingerprint density at radius 1 is 0.935 bits per heavy atom. The van der Waals surface area contributed by atoms with Crippen molar-refractivity contribution >= 4 is 28.3 Å². The summed E-state index contributed by atoms with van der Waals surface area (Å²) in [6.07, 6.45) is 1.72. The van der Waals surface area contributed by atoms with E-state index in [0.29, 0.717) is 27.5 Å². The van der Waals surface area contributed by atoms with Gasteiger partial charge in [-0.15, -0.1) is 0 Å². The molecule has 0 atom stereocenters. The van der Waals surface area contributed by atoms with Crippen molar-refractivity contribution in [2.24, 2.45) is 4.99 Å². The Labute approximate surface area is 183 Å². The topological polar surface area (TPSA) is 65.4 Å². The molecule has 2 heterocycles. The van der Waals surface area contributed by atoms with E-state index >= 15 is 0 Å². The van der Waals surface area contributed by atoms with Crippen molar-refractivity contribution in [2.75, 3.05) is 7.11 Å². The molecule has 0 aliphatic carbocycles. The number of fused-ring (bicyclic) bond motifs is 1. The standard InChI is InChI=1S/C24H17ClN4O2/c1-30-20-13-11-18(12-14-20)27-24-21-15-26-29(19-5-3-2-4-6-19)22(21)28-23(31-24)16-7-9-17(25)10-8-16/h2-15H,1H3. The van der Waals surface area contributed by atoms with Gasteiger partial charge < -0.3 is 9.15 Å². The van der Waals surface area contributed by atoms with Gasteiger partial charge in [-0.2, -0.15) is 10.1 Å². The highest BCUT2D eigenvalue weighted by molar-refractivity contribution is 6.30. The van der Waals surface area contributed by atoms with Crippen molar-refractivity contribution in [3.8, 4) is 22.9 Å². The molecule has 0 N–H and O–H groups in total. The van der Waals surface area contributed by atoms with Crippen LogP contribution in [0.4, 0.5) is 5.69 Å². The van der Waals surface area contributed by atoms with Crippen molar-refractivity contribution in [1.82, 2.24) is 14.8 Å². The summed E-state index contributed by atoms with van der Waals surface area (Å²) < 4.78 is 13.1. The molecule has 0 aliphatic heterocycles. The number of benzene rings is 3. The van der Waals surface area contributed by atoms with E-state index in [1.54, 1.807) is 30.1 Å². The molecule has 0 saturated heterocycles. The van der Waals surface area contributed by atoms with Crippen molar-refractivity contribution in [3.05, 3.63) is 95.6 Å². The number of hydrogen-bond donors (Lipinski definition) is 0. The second-order valence-electron chi connectivity index (χ2n) is 6.77. The fraction of sp³-hybridized carbons (Fsp3) is 0.0417. The van der Waals surface area contributed by atoms with Crippen molar-refractivity contribution in [2.45, 2.75) is 0 Å². The summed E-state index contributed by atoms with van der Waals surface area (Å²) in [6.45, 7) is 0. The van der Waals surface area contributed by atoms with Crippen LogP contribution in [0.5, 0.6) is 5.75 Å². The summed E-state index contributed by atoms with van der Waals surface area (Å²) in [5.74, 6) is 1.18. The number of aromatic nitrogens is 3. The lowest BCUT2D eigenvalue weighted by molar-refractivity contribution is 0.415. The molecule has 5 aromatic rings. The summed E-state index contributed by atoms with van der Waals surface area (Å²) in [5.41, 5.74) is 3.48. The minimum atomic E-state index is 0.419. The van der Waals surface area contributed by atoms with Gasteiger partial charge in [0.15, 0.2) is 5.65 Å². The lowest BCUT2D eigenvalue weighted by Gasteiger charge is -2.05. The normalized spacial score (nSPS) is 11.7. The average Bonchev–Trinajstić information content (AvgIpc) is 3.25. The van der Waals surface area contributed by atoms with Gasteiger partial charge in [0.1, 0.15) is 11.1 Å². The number of ether oxygens (including phenoxy) is 1. The zero-order valence-electron chi connectivity index (χ0n) is 16.6. The Morgan fingerprint density at radius 2 is 1.68 bits per heavy atom. The zero-order chi connectivity index (χ0) is 21.2. The number of rotatable bonds is 4. The third kappa shape index (κ3) is 3.81. The van der Waals surface area contributed by atoms with Crippen LogP contribution >= 0.6 is 11.6 Å². The third-order valence-corrected chi connectivity index (χ3v) is 5.02. The molecule has 0 amide bonds. The van der Waals surface area contributed by atoms with Crippen molar-refractivity contribution in [3.63, 3.8) is 0 Å². The van der Waals surface area contributed by atoms with E-state index in [2.05, 4.69) is 5.10 Å². The maximum Gasteiger partial charge on any atom is 0.234 e. The Hall–Kier alpha value is -3.90. The minimum Gasteiger partial charge on any atom is -0.497 e. The molecule has 5 rings (SSSR count). The van der Waals surface area contributed by atoms with Gasteiger partial charge >= 0.3 is 0 Å². The van der Waals surface area contributed by atoms with E-state index in [4.69, 9.17) is 30.7 Å².